The first kappa shape index (κ1) is 20.2. The zero-order valence-corrected chi connectivity index (χ0v) is 17.3. The molecule has 0 radical (unpaired) electrons. The molecular formula is C18H20N4O4S2. The summed E-state index contributed by atoms with van der Waals surface area (Å²) in [5, 5.41) is 13.5. The molecule has 28 heavy (non-hydrogen) atoms. The van der Waals surface area contributed by atoms with Gasteiger partial charge in [0.25, 0.3) is 0 Å². The number of methoxy groups -OCH3 is 1. The first-order valence-corrected chi connectivity index (χ1v) is 10.4. The van der Waals surface area contributed by atoms with E-state index in [1.807, 2.05) is 10.6 Å². The fourth-order valence-corrected chi connectivity index (χ4v) is 4.00. The molecule has 0 fully saturated rings. The quantitative estimate of drug-likeness (QED) is 0.437. The number of ether oxygens (including phenoxy) is 1. The Labute approximate surface area is 170 Å². The van der Waals surface area contributed by atoms with Crippen LogP contribution in [0, 0.1) is 5.92 Å². The number of aromatic nitrogens is 3. The zero-order valence-electron chi connectivity index (χ0n) is 15.7. The molecule has 0 saturated carbocycles. The van der Waals surface area contributed by atoms with Crippen molar-refractivity contribution in [2.24, 2.45) is 5.92 Å². The fraction of sp³-hybridized carbons (Fsp3) is 0.333. The first-order chi connectivity index (χ1) is 13.5. The minimum atomic E-state index is -0.474. The third-order valence-electron chi connectivity index (χ3n) is 3.65. The molecule has 3 rings (SSSR count). The lowest BCUT2D eigenvalue weighted by atomic mass is 10.2. The summed E-state index contributed by atoms with van der Waals surface area (Å²) in [5.74, 6) is 1.04. The van der Waals surface area contributed by atoms with Gasteiger partial charge in [0, 0.05) is 6.54 Å². The molecule has 0 unspecified atom stereocenters. The van der Waals surface area contributed by atoms with Crippen LogP contribution in [0.5, 0.6) is 0 Å². The molecule has 0 atom stereocenters. The number of nitrogens with one attached hydrogen (secondary N) is 1. The van der Waals surface area contributed by atoms with E-state index in [4.69, 9.17) is 9.15 Å². The number of carbonyl (C=O) groups is 2. The van der Waals surface area contributed by atoms with Crippen LogP contribution in [0.4, 0.5) is 5.69 Å². The number of furan rings is 1. The van der Waals surface area contributed by atoms with Gasteiger partial charge in [-0.1, -0.05) is 25.6 Å². The Bertz CT molecular complexity index is 947. The predicted molar refractivity (Wildman–Crippen MR) is 108 cm³/mol. The number of hydrogen-bond donors (Lipinski definition) is 1. The summed E-state index contributed by atoms with van der Waals surface area (Å²) in [6, 6.07) is 5.30. The number of hydrogen-bond acceptors (Lipinski definition) is 8. The topological polar surface area (TPSA) is 99.2 Å². The monoisotopic (exact) mass is 420 g/mol. The van der Waals surface area contributed by atoms with Gasteiger partial charge in [-0.3, -0.25) is 9.36 Å². The van der Waals surface area contributed by atoms with Gasteiger partial charge >= 0.3 is 5.97 Å². The van der Waals surface area contributed by atoms with Crippen molar-refractivity contribution in [2.45, 2.75) is 25.5 Å². The average molecular weight is 421 g/mol. The minimum Gasteiger partial charge on any atom is -0.465 e. The smallest absolute Gasteiger partial charge is 0.350 e. The molecule has 10 heteroatoms. The van der Waals surface area contributed by atoms with Gasteiger partial charge in [0.05, 0.1) is 24.8 Å². The molecule has 0 aromatic carbocycles. The number of thioether (sulfide) groups is 1. The number of nitrogens with zero attached hydrogens (tertiary/aromatic N) is 3. The van der Waals surface area contributed by atoms with Gasteiger partial charge in [0.1, 0.15) is 4.88 Å². The van der Waals surface area contributed by atoms with E-state index in [0.29, 0.717) is 39.8 Å². The van der Waals surface area contributed by atoms with Gasteiger partial charge in [-0.25, -0.2) is 4.79 Å². The van der Waals surface area contributed by atoms with Crippen molar-refractivity contribution in [3.05, 3.63) is 34.7 Å². The Morgan fingerprint density at radius 1 is 1.36 bits per heavy atom. The molecule has 3 heterocycles. The molecule has 3 aromatic rings. The highest BCUT2D eigenvalue weighted by molar-refractivity contribution is 7.99. The summed E-state index contributed by atoms with van der Waals surface area (Å²) in [6.07, 6.45) is 1.59. The maximum absolute atomic E-state index is 12.4. The zero-order chi connectivity index (χ0) is 20.1. The van der Waals surface area contributed by atoms with Crippen molar-refractivity contribution in [1.29, 1.82) is 0 Å². The maximum atomic E-state index is 12.4. The summed E-state index contributed by atoms with van der Waals surface area (Å²) in [4.78, 5) is 24.4. The number of rotatable bonds is 8. The number of carbonyl (C=O) groups excluding carboxylic acids is 2. The van der Waals surface area contributed by atoms with Gasteiger partial charge in [0.15, 0.2) is 16.7 Å². The van der Waals surface area contributed by atoms with Gasteiger partial charge < -0.3 is 14.5 Å². The summed E-state index contributed by atoms with van der Waals surface area (Å²) >= 11 is 2.50. The number of thiophene rings is 1. The largest absolute Gasteiger partial charge is 0.465 e. The second kappa shape index (κ2) is 9.07. The Hall–Kier alpha value is -2.59. The van der Waals surface area contributed by atoms with Gasteiger partial charge in [-0.2, -0.15) is 0 Å². The van der Waals surface area contributed by atoms with Crippen LogP contribution in [0.25, 0.3) is 11.6 Å². The van der Waals surface area contributed by atoms with Crippen LogP contribution in [0.15, 0.2) is 39.4 Å². The van der Waals surface area contributed by atoms with Crippen LogP contribution in [-0.2, 0) is 16.1 Å². The van der Waals surface area contributed by atoms with Crippen LogP contribution in [0.1, 0.15) is 23.5 Å². The molecule has 0 bridgehead atoms. The van der Waals surface area contributed by atoms with E-state index in [1.165, 1.54) is 30.2 Å². The highest BCUT2D eigenvalue weighted by Gasteiger charge is 2.19. The SMILES string of the molecule is COC(=O)c1sccc1NC(=O)CSc1nnc(-c2ccco2)n1CC(C)C. The van der Waals surface area contributed by atoms with Crippen LogP contribution in [0.2, 0.25) is 0 Å². The van der Waals surface area contributed by atoms with E-state index in [1.54, 1.807) is 23.8 Å². The van der Waals surface area contributed by atoms with Crippen molar-refractivity contribution in [2.75, 3.05) is 18.2 Å². The lowest BCUT2D eigenvalue weighted by molar-refractivity contribution is -0.113. The van der Waals surface area contributed by atoms with Crippen molar-refractivity contribution < 1.29 is 18.7 Å². The van der Waals surface area contributed by atoms with E-state index >= 15 is 0 Å². The van der Waals surface area contributed by atoms with Crippen LogP contribution >= 0.6 is 23.1 Å². The second-order valence-corrected chi connectivity index (χ2v) is 8.14. The van der Waals surface area contributed by atoms with Crippen LogP contribution in [0.3, 0.4) is 0 Å². The molecule has 0 aliphatic rings. The molecule has 8 nitrogen and oxygen atoms in total. The van der Waals surface area contributed by atoms with E-state index in [9.17, 15) is 9.59 Å². The third-order valence-corrected chi connectivity index (χ3v) is 5.51. The van der Waals surface area contributed by atoms with Gasteiger partial charge in [-0.05, 0) is 29.5 Å². The first-order valence-electron chi connectivity index (χ1n) is 8.55. The van der Waals surface area contributed by atoms with Crippen molar-refractivity contribution >= 4 is 40.7 Å². The summed E-state index contributed by atoms with van der Waals surface area (Å²) in [6.45, 7) is 4.89. The van der Waals surface area contributed by atoms with Crippen molar-refractivity contribution in [1.82, 2.24) is 14.8 Å². The second-order valence-electron chi connectivity index (χ2n) is 6.28. The minimum absolute atomic E-state index is 0.130. The highest BCUT2D eigenvalue weighted by Crippen LogP contribution is 2.27. The molecule has 148 valence electrons. The number of anilines is 1. The Morgan fingerprint density at radius 2 is 2.18 bits per heavy atom. The van der Waals surface area contributed by atoms with E-state index < -0.39 is 5.97 Å². The Balaban J connectivity index is 1.70. The van der Waals surface area contributed by atoms with Crippen LogP contribution < -0.4 is 5.32 Å². The van der Waals surface area contributed by atoms with Crippen LogP contribution in [-0.4, -0.2) is 39.5 Å². The molecule has 0 spiro atoms. The van der Waals surface area contributed by atoms with E-state index in [0.717, 1.165) is 0 Å². The molecule has 3 aromatic heterocycles. The lowest BCUT2D eigenvalue weighted by Gasteiger charge is -2.11. The molecule has 0 aliphatic carbocycles. The average Bonchev–Trinajstić information content (AvgIpc) is 3.40. The maximum Gasteiger partial charge on any atom is 0.350 e. The van der Waals surface area contributed by atoms with Crippen molar-refractivity contribution in [3.63, 3.8) is 0 Å². The third kappa shape index (κ3) is 4.63. The van der Waals surface area contributed by atoms with Gasteiger partial charge in [0.2, 0.25) is 5.91 Å². The van der Waals surface area contributed by atoms with E-state index in [-0.39, 0.29) is 11.7 Å². The highest BCUT2D eigenvalue weighted by atomic mass is 32.2. The molecule has 1 amide bonds. The van der Waals surface area contributed by atoms with Crippen molar-refractivity contribution in [3.8, 4) is 11.6 Å². The fourth-order valence-electron chi connectivity index (χ4n) is 2.49. The summed E-state index contributed by atoms with van der Waals surface area (Å²) < 4.78 is 12.1. The standard InChI is InChI=1S/C18H20N4O4S2/c1-11(2)9-22-16(13-5-4-7-26-13)20-21-18(22)28-10-14(23)19-12-6-8-27-15(12)17(24)25-3/h4-8,11H,9-10H2,1-3H3,(H,19,23). The Morgan fingerprint density at radius 3 is 2.86 bits per heavy atom. The normalized spacial score (nSPS) is 11.0. The Kier molecular flexibility index (Phi) is 6.53. The number of esters is 1. The molecule has 0 saturated heterocycles. The predicted octanol–water partition coefficient (Wildman–Crippen LogP) is 3.77. The summed E-state index contributed by atoms with van der Waals surface area (Å²) in [7, 11) is 1.31. The molecular weight excluding hydrogens is 400 g/mol. The van der Waals surface area contributed by atoms with E-state index in [2.05, 4.69) is 29.4 Å². The number of amides is 1. The molecule has 0 aliphatic heterocycles. The lowest BCUT2D eigenvalue weighted by Crippen LogP contribution is -2.16. The summed E-state index contributed by atoms with van der Waals surface area (Å²) in [5.41, 5.74) is 0.447. The molecule has 1 N–H and O–H groups in total. The van der Waals surface area contributed by atoms with Gasteiger partial charge in [-0.15, -0.1) is 21.5 Å².